The molecule has 5 heteroatoms. The Morgan fingerprint density at radius 3 is 2.57 bits per heavy atom. The van der Waals surface area contributed by atoms with Crippen LogP contribution in [0, 0.1) is 0 Å². The first kappa shape index (κ1) is 17.5. The molecule has 0 spiro atoms. The van der Waals surface area contributed by atoms with Crippen molar-refractivity contribution in [2.24, 2.45) is 0 Å². The molecule has 0 saturated carbocycles. The van der Waals surface area contributed by atoms with Gasteiger partial charge in [0, 0.05) is 32.5 Å². The van der Waals surface area contributed by atoms with E-state index in [1.807, 2.05) is 35.2 Å². The van der Waals surface area contributed by atoms with Gasteiger partial charge in [0.1, 0.15) is 0 Å². The van der Waals surface area contributed by atoms with Crippen LogP contribution in [0.4, 0.5) is 0 Å². The largest absolute Gasteiger partial charge is 0.481 e. The van der Waals surface area contributed by atoms with Gasteiger partial charge < -0.3 is 14.7 Å². The Balaban J connectivity index is 1.88. The molecule has 1 aromatic carbocycles. The van der Waals surface area contributed by atoms with Crippen LogP contribution in [0.3, 0.4) is 0 Å². The van der Waals surface area contributed by atoms with Crippen molar-refractivity contribution in [3.8, 4) is 0 Å². The molecule has 0 radical (unpaired) electrons. The van der Waals surface area contributed by atoms with Gasteiger partial charge in [-0.05, 0) is 31.2 Å². The number of carbonyl (C=O) groups excluding carboxylic acids is 1. The highest BCUT2D eigenvalue weighted by Crippen LogP contribution is 2.16. The van der Waals surface area contributed by atoms with E-state index in [1.54, 1.807) is 0 Å². The smallest absolute Gasteiger partial charge is 0.303 e. The summed E-state index contributed by atoms with van der Waals surface area (Å²) in [5, 5.41) is 8.66. The Morgan fingerprint density at radius 2 is 1.91 bits per heavy atom. The normalized spacial score (nSPS) is 17.1. The molecule has 1 N–H and O–H groups in total. The molecule has 1 aliphatic rings. The van der Waals surface area contributed by atoms with E-state index in [1.165, 1.54) is 0 Å². The quantitative estimate of drug-likeness (QED) is 0.711. The second-order valence-electron chi connectivity index (χ2n) is 6.00. The highest BCUT2D eigenvalue weighted by Gasteiger charge is 2.22. The van der Waals surface area contributed by atoms with E-state index in [0.29, 0.717) is 32.4 Å². The van der Waals surface area contributed by atoms with Crippen LogP contribution in [0.2, 0.25) is 0 Å². The fraction of sp³-hybridized carbons (Fsp3) is 0.556. The molecule has 1 saturated heterocycles. The number of hydrogen-bond donors (Lipinski definition) is 1. The first-order valence-electron chi connectivity index (χ1n) is 8.30. The average molecular weight is 319 g/mol. The van der Waals surface area contributed by atoms with E-state index < -0.39 is 5.97 Å². The van der Waals surface area contributed by atoms with E-state index in [2.05, 4.69) is 0 Å². The van der Waals surface area contributed by atoms with E-state index in [9.17, 15) is 9.59 Å². The number of ether oxygens (including phenoxy) is 1. The number of benzene rings is 1. The number of nitrogens with zero attached hydrogens (tertiary/aromatic N) is 1. The molecule has 0 aliphatic carbocycles. The summed E-state index contributed by atoms with van der Waals surface area (Å²) in [5.74, 6) is -0.729. The molecule has 1 unspecified atom stereocenters. The van der Waals surface area contributed by atoms with E-state index >= 15 is 0 Å². The summed E-state index contributed by atoms with van der Waals surface area (Å²) in [5.41, 5.74) is 1.10. The summed E-state index contributed by atoms with van der Waals surface area (Å²) in [6.07, 6.45) is 3.85. The molecule has 1 amide bonds. The zero-order valence-corrected chi connectivity index (χ0v) is 13.4. The van der Waals surface area contributed by atoms with Gasteiger partial charge in [0.05, 0.1) is 6.10 Å². The van der Waals surface area contributed by atoms with Crippen molar-refractivity contribution in [3.63, 3.8) is 0 Å². The van der Waals surface area contributed by atoms with Gasteiger partial charge in [-0.2, -0.15) is 0 Å². The molecule has 5 nitrogen and oxygen atoms in total. The lowest BCUT2D eigenvalue weighted by Crippen LogP contribution is -2.36. The molecule has 1 heterocycles. The van der Waals surface area contributed by atoms with Crippen molar-refractivity contribution in [2.75, 3.05) is 13.2 Å². The second-order valence-corrected chi connectivity index (χ2v) is 6.00. The van der Waals surface area contributed by atoms with E-state index in [4.69, 9.17) is 9.84 Å². The Labute approximate surface area is 137 Å². The van der Waals surface area contributed by atoms with E-state index in [-0.39, 0.29) is 18.4 Å². The molecule has 0 bridgehead atoms. The first-order chi connectivity index (χ1) is 11.1. The fourth-order valence-electron chi connectivity index (χ4n) is 2.80. The maximum absolute atomic E-state index is 12.5. The van der Waals surface area contributed by atoms with Gasteiger partial charge in [-0.1, -0.05) is 30.3 Å². The third kappa shape index (κ3) is 6.40. The highest BCUT2D eigenvalue weighted by molar-refractivity contribution is 5.76. The first-order valence-corrected chi connectivity index (χ1v) is 8.30. The van der Waals surface area contributed by atoms with Gasteiger partial charge in [-0.3, -0.25) is 9.59 Å². The number of carboxylic acids is 1. The van der Waals surface area contributed by atoms with Crippen LogP contribution in [0.1, 0.15) is 44.1 Å². The Kier molecular flexibility index (Phi) is 7.07. The molecule has 23 heavy (non-hydrogen) atoms. The van der Waals surface area contributed by atoms with Gasteiger partial charge in [0.25, 0.3) is 0 Å². The van der Waals surface area contributed by atoms with Crippen molar-refractivity contribution in [2.45, 2.75) is 51.2 Å². The molecular weight excluding hydrogens is 294 g/mol. The lowest BCUT2D eigenvalue weighted by Gasteiger charge is -2.25. The number of hydrogen-bond acceptors (Lipinski definition) is 3. The van der Waals surface area contributed by atoms with Crippen LogP contribution in [0.5, 0.6) is 0 Å². The fourth-order valence-corrected chi connectivity index (χ4v) is 2.80. The zero-order chi connectivity index (χ0) is 16.5. The van der Waals surface area contributed by atoms with Gasteiger partial charge in [0.15, 0.2) is 0 Å². The Morgan fingerprint density at radius 1 is 1.17 bits per heavy atom. The predicted octanol–water partition coefficient (Wildman–Crippen LogP) is 2.84. The van der Waals surface area contributed by atoms with Gasteiger partial charge >= 0.3 is 5.97 Å². The molecule has 126 valence electrons. The number of carbonyl (C=O) groups is 2. The maximum Gasteiger partial charge on any atom is 0.303 e. The molecule has 1 aromatic rings. The second kappa shape index (κ2) is 9.30. The van der Waals surface area contributed by atoms with Crippen molar-refractivity contribution >= 4 is 11.9 Å². The number of unbranched alkanes of at least 4 members (excludes halogenated alkanes) is 1. The Hall–Kier alpha value is -1.88. The monoisotopic (exact) mass is 319 g/mol. The Bertz CT molecular complexity index is 497. The summed E-state index contributed by atoms with van der Waals surface area (Å²) in [6.45, 7) is 1.97. The molecule has 1 atom stereocenters. The van der Waals surface area contributed by atoms with Crippen LogP contribution in [0.25, 0.3) is 0 Å². The highest BCUT2D eigenvalue weighted by atomic mass is 16.5. The summed E-state index contributed by atoms with van der Waals surface area (Å²) < 4.78 is 5.66. The van der Waals surface area contributed by atoms with Crippen LogP contribution >= 0.6 is 0 Å². The van der Waals surface area contributed by atoms with Gasteiger partial charge in [-0.25, -0.2) is 0 Å². The summed E-state index contributed by atoms with van der Waals surface area (Å²) in [6, 6.07) is 9.93. The van der Waals surface area contributed by atoms with Crippen LogP contribution in [0.15, 0.2) is 30.3 Å². The lowest BCUT2D eigenvalue weighted by molar-refractivity contribution is -0.138. The van der Waals surface area contributed by atoms with Gasteiger partial charge in [-0.15, -0.1) is 0 Å². The zero-order valence-electron chi connectivity index (χ0n) is 13.4. The molecule has 1 fully saturated rings. The predicted molar refractivity (Wildman–Crippen MR) is 86.9 cm³/mol. The summed E-state index contributed by atoms with van der Waals surface area (Å²) in [7, 11) is 0. The lowest BCUT2D eigenvalue weighted by atomic mass is 10.1. The minimum Gasteiger partial charge on any atom is -0.481 e. The molecule has 0 aromatic heterocycles. The third-order valence-electron chi connectivity index (χ3n) is 4.05. The van der Waals surface area contributed by atoms with E-state index in [0.717, 1.165) is 25.0 Å². The van der Waals surface area contributed by atoms with Crippen molar-refractivity contribution in [1.29, 1.82) is 0 Å². The standard InChI is InChI=1S/C18H25NO4/c20-17(10-4-5-11-18(21)22)19(14-16-9-6-12-23-16)13-15-7-2-1-3-8-15/h1-3,7-8,16H,4-6,9-14H2,(H,21,22). The average Bonchev–Trinajstić information content (AvgIpc) is 3.04. The summed E-state index contributed by atoms with van der Waals surface area (Å²) >= 11 is 0. The number of aliphatic carboxylic acids is 1. The number of amides is 1. The van der Waals surface area contributed by atoms with Crippen LogP contribution < -0.4 is 0 Å². The topological polar surface area (TPSA) is 66.8 Å². The van der Waals surface area contributed by atoms with Crippen LogP contribution in [-0.2, 0) is 20.9 Å². The number of rotatable bonds is 9. The third-order valence-corrected chi connectivity index (χ3v) is 4.05. The van der Waals surface area contributed by atoms with Crippen molar-refractivity contribution in [3.05, 3.63) is 35.9 Å². The maximum atomic E-state index is 12.5. The van der Waals surface area contributed by atoms with Crippen molar-refractivity contribution in [1.82, 2.24) is 4.90 Å². The molecular formula is C18H25NO4. The van der Waals surface area contributed by atoms with Crippen molar-refractivity contribution < 1.29 is 19.4 Å². The number of carboxylic acid groups (broad SMARTS) is 1. The summed E-state index contributed by atoms with van der Waals surface area (Å²) in [4.78, 5) is 24.9. The minimum absolute atomic E-state index is 0.0785. The van der Waals surface area contributed by atoms with Crippen LogP contribution in [-0.4, -0.2) is 41.1 Å². The minimum atomic E-state index is -0.807. The molecule has 1 aliphatic heterocycles. The SMILES string of the molecule is O=C(O)CCCCC(=O)N(Cc1ccccc1)CC1CCCO1. The molecule has 2 rings (SSSR count). The van der Waals surface area contributed by atoms with Gasteiger partial charge in [0.2, 0.25) is 5.91 Å².